The third kappa shape index (κ3) is 5.25. The fraction of sp³-hybridized carbons (Fsp3) is 0.231. The minimum absolute atomic E-state index is 0.0995. The van der Waals surface area contributed by atoms with Gasteiger partial charge in [0.05, 0.1) is 16.1 Å². The zero-order chi connectivity index (χ0) is 27.8. The van der Waals surface area contributed by atoms with Gasteiger partial charge in [-0.15, -0.1) is 0 Å². The minimum atomic E-state index is -4.86. The predicted molar refractivity (Wildman–Crippen MR) is 137 cm³/mol. The van der Waals surface area contributed by atoms with E-state index >= 15 is 0 Å². The number of alkyl halides is 3. The minimum Gasteiger partial charge on any atom is -0.482 e. The lowest BCUT2D eigenvalue weighted by Crippen LogP contribution is -2.40. The van der Waals surface area contributed by atoms with Gasteiger partial charge in [-0.2, -0.15) is 17.5 Å². The van der Waals surface area contributed by atoms with Crippen LogP contribution in [0.3, 0.4) is 0 Å². The van der Waals surface area contributed by atoms with E-state index in [-0.39, 0.29) is 12.3 Å². The Balaban J connectivity index is 1.74. The lowest BCUT2D eigenvalue weighted by molar-refractivity contribution is -0.148. The summed E-state index contributed by atoms with van der Waals surface area (Å²) < 4.78 is 56.7. The van der Waals surface area contributed by atoms with Crippen LogP contribution in [0.25, 0.3) is 27.0 Å². The standard InChI is InChI=1S/C26H22F3N3O5S/c1-5-15(3)37-23(34)13-36-17-8-6-14(2)18(11-17)24-19-10-16(7-9-20(19)38-30-24)32-22(33)12-21(26(27,28)29)31(4)25(32)35/h5-12,15H,1,13H2,2-4H3. The molecule has 12 heteroatoms. The van der Waals surface area contributed by atoms with E-state index in [9.17, 15) is 27.6 Å². The fourth-order valence-electron chi connectivity index (χ4n) is 3.77. The van der Waals surface area contributed by atoms with Crippen LogP contribution in [0.2, 0.25) is 0 Å². The van der Waals surface area contributed by atoms with E-state index in [0.29, 0.717) is 37.6 Å². The number of carbonyl (C=O) groups excluding carboxylic acids is 1. The van der Waals surface area contributed by atoms with E-state index in [1.807, 2.05) is 6.92 Å². The largest absolute Gasteiger partial charge is 0.482 e. The summed E-state index contributed by atoms with van der Waals surface area (Å²) in [6.45, 7) is 6.76. The van der Waals surface area contributed by atoms with Gasteiger partial charge >= 0.3 is 17.8 Å². The summed E-state index contributed by atoms with van der Waals surface area (Å²) in [5.74, 6) is -0.175. The number of hydrogen-bond acceptors (Lipinski definition) is 7. The van der Waals surface area contributed by atoms with Gasteiger partial charge in [-0.1, -0.05) is 18.7 Å². The number of halogens is 3. The maximum atomic E-state index is 13.2. The normalized spacial score (nSPS) is 12.4. The molecule has 0 saturated heterocycles. The summed E-state index contributed by atoms with van der Waals surface area (Å²) in [6, 6.07) is 10.2. The average molecular weight is 546 g/mol. The molecule has 0 aliphatic carbocycles. The van der Waals surface area contributed by atoms with E-state index in [0.717, 1.165) is 17.3 Å². The molecule has 0 saturated carbocycles. The van der Waals surface area contributed by atoms with Crippen molar-refractivity contribution in [2.24, 2.45) is 7.05 Å². The van der Waals surface area contributed by atoms with Gasteiger partial charge in [-0.3, -0.25) is 9.36 Å². The van der Waals surface area contributed by atoms with Crippen molar-refractivity contribution in [2.75, 3.05) is 6.61 Å². The van der Waals surface area contributed by atoms with Gasteiger partial charge < -0.3 is 9.47 Å². The second-order valence-electron chi connectivity index (χ2n) is 8.45. The first kappa shape index (κ1) is 26.9. The summed E-state index contributed by atoms with van der Waals surface area (Å²) in [6.07, 6.45) is -3.83. The molecule has 0 aliphatic heterocycles. The molecule has 1 unspecified atom stereocenters. The molecule has 0 radical (unpaired) electrons. The number of hydrogen-bond donors (Lipinski definition) is 0. The molecule has 4 rings (SSSR count). The smallest absolute Gasteiger partial charge is 0.431 e. The molecular formula is C26H22F3N3O5S. The Kier molecular flexibility index (Phi) is 7.27. The highest BCUT2D eigenvalue weighted by atomic mass is 32.1. The third-order valence-electron chi connectivity index (χ3n) is 5.79. The Labute approximate surface area is 218 Å². The lowest BCUT2D eigenvalue weighted by atomic mass is 10.0. The zero-order valence-corrected chi connectivity index (χ0v) is 21.4. The maximum absolute atomic E-state index is 13.2. The lowest BCUT2D eigenvalue weighted by Gasteiger charge is -2.14. The van der Waals surface area contributed by atoms with E-state index in [1.54, 1.807) is 31.2 Å². The van der Waals surface area contributed by atoms with Crippen molar-refractivity contribution < 1.29 is 27.4 Å². The Bertz CT molecular complexity index is 1670. The number of benzene rings is 2. The maximum Gasteiger partial charge on any atom is 0.431 e. The van der Waals surface area contributed by atoms with Crippen molar-refractivity contribution in [3.05, 3.63) is 87.2 Å². The topological polar surface area (TPSA) is 92.4 Å². The number of fused-ring (bicyclic) bond motifs is 1. The first-order chi connectivity index (χ1) is 17.9. The highest BCUT2D eigenvalue weighted by Crippen LogP contribution is 2.35. The Morgan fingerprint density at radius 3 is 2.61 bits per heavy atom. The van der Waals surface area contributed by atoms with Crippen molar-refractivity contribution in [2.45, 2.75) is 26.1 Å². The van der Waals surface area contributed by atoms with Crippen LogP contribution in [0.5, 0.6) is 5.75 Å². The summed E-state index contributed by atoms with van der Waals surface area (Å²) >= 11 is 1.18. The van der Waals surface area contributed by atoms with E-state index in [4.69, 9.17) is 9.47 Å². The van der Waals surface area contributed by atoms with Gasteiger partial charge in [-0.05, 0) is 61.3 Å². The fourth-order valence-corrected chi connectivity index (χ4v) is 4.54. The first-order valence-electron chi connectivity index (χ1n) is 11.3. The SMILES string of the molecule is C=CC(C)OC(=O)COc1ccc(C)c(-c2nsc3ccc(-n4c(=O)cc(C(F)(F)F)n(C)c4=O)cc23)c1. The summed E-state index contributed by atoms with van der Waals surface area (Å²) in [4.78, 5) is 37.3. The second-order valence-corrected chi connectivity index (χ2v) is 9.26. The number of nitrogens with zero attached hydrogens (tertiary/aromatic N) is 3. The number of esters is 1. The molecule has 0 bridgehead atoms. The molecule has 2 aromatic carbocycles. The third-order valence-corrected chi connectivity index (χ3v) is 6.62. The predicted octanol–water partition coefficient (Wildman–Crippen LogP) is 4.64. The van der Waals surface area contributed by atoms with Gasteiger partial charge in [0.1, 0.15) is 17.5 Å². The molecule has 8 nitrogen and oxygen atoms in total. The molecule has 0 spiro atoms. The number of ether oxygens (including phenoxy) is 2. The van der Waals surface area contributed by atoms with Crippen LogP contribution in [0.15, 0.2) is 64.7 Å². The van der Waals surface area contributed by atoms with Crippen molar-refractivity contribution in [1.82, 2.24) is 13.5 Å². The molecule has 198 valence electrons. The van der Waals surface area contributed by atoms with E-state index in [2.05, 4.69) is 11.0 Å². The van der Waals surface area contributed by atoms with Crippen molar-refractivity contribution in [1.29, 1.82) is 0 Å². The van der Waals surface area contributed by atoms with Crippen molar-refractivity contribution >= 4 is 27.6 Å². The highest BCUT2D eigenvalue weighted by Gasteiger charge is 2.35. The molecule has 1 atom stereocenters. The summed E-state index contributed by atoms with van der Waals surface area (Å²) in [5, 5.41) is 0.584. The zero-order valence-electron chi connectivity index (χ0n) is 20.5. The van der Waals surface area contributed by atoms with Gasteiger partial charge in [0.25, 0.3) is 5.56 Å². The van der Waals surface area contributed by atoms with Crippen LogP contribution in [-0.2, 0) is 22.8 Å². The van der Waals surface area contributed by atoms with Crippen LogP contribution in [0, 0.1) is 6.92 Å². The van der Waals surface area contributed by atoms with E-state index in [1.165, 1.54) is 29.7 Å². The molecule has 4 aromatic rings. The quantitative estimate of drug-likeness (QED) is 0.248. The molecule has 0 amide bonds. The van der Waals surface area contributed by atoms with Gasteiger partial charge in [0.2, 0.25) is 0 Å². The molecule has 0 N–H and O–H groups in total. The van der Waals surface area contributed by atoms with Crippen LogP contribution in [0.1, 0.15) is 18.2 Å². The van der Waals surface area contributed by atoms with Crippen LogP contribution in [-0.4, -0.2) is 32.2 Å². The van der Waals surface area contributed by atoms with Crippen molar-refractivity contribution in [3.63, 3.8) is 0 Å². The summed E-state index contributed by atoms with van der Waals surface area (Å²) in [7, 11) is 0.958. The molecular weight excluding hydrogens is 523 g/mol. The Hall–Kier alpha value is -4.19. The van der Waals surface area contributed by atoms with Crippen LogP contribution < -0.4 is 16.0 Å². The molecule has 2 aromatic heterocycles. The van der Waals surface area contributed by atoms with Gasteiger partial charge in [0.15, 0.2) is 6.61 Å². The molecule has 2 heterocycles. The average Bonchev–Trinajstić information content (AvgIpc) is 3.28. The number of aromatic nitrogens is 3. The second kappa shape index (κ2) is 10.3. The first-order valence-corrected chi connectivity index (χ1v) is 12.0. The number of rotatable bonds is 7. The Morgan fingerprint density at radius 1 is 1.18 bits per heavy atom. The van der Waals surface area contributed by atoms with Gasteiger partial charge in [-0.25, -0.2) is 14.2 Å². The molecule has 0 fully saturated rings. The molecule has 38 heavy (non-hydrogen) atoms. The highest BCUT2D eigenvalue weighted by molar-refractivity contribution is 7.13. The van der Waals surface area contributed by atoms with Gasteiger partial charge in [0, 0.05) is 24.1 Å². The number of carbonyl (C=O) groups is 1. The van der Waals surface area contributed by atoms with Crippen LogP contribution >= 0.6 is 11.5 Å². The monoisotopic (exact) mass is 545 g/mol. The van der Waals surface area contributed by atoms with Crippen LogP contribution in [0.4, 0.5) is 13.2 Å². The molecule has 0 aliphatic rings. The summed E-state index contributed by atoms with van der Waals surface area (Å²) in [5.41, 5.74) is -1.44. The van der Waals surface area contributed by atoms with E-state index < -0.39 is 35.2 Å². The Morgan fingerprint density at radius 2 is 1.92 bits per heavy atom. The number of aryl methyl sites for hydroxylation is 1. The van der Waals surface area contributed by atoms with Crippen molar-refractivity contribution in [3.8, 4) is 22.7 Å².